The highest BCUT2D eigenvalue weighted by Gasteiger charge is 2.14. The lowest BCUT2D eigenvalue weighted by atomic mass is 10.1. The standard InChI is InChI=1S/C15H17NO2S/c1-3-14(18-2)15-16-12(10-19-15)9-13(17)11-7-5-4-6-8-11/h4-8,10,14H,3,9H2,1-2H3. The molecular weight excluding hydrogens is 258 g/mol. The maximum Gasteiger partial charge on any atom is 0.168 e. The normalized spacial score (nSPS) is 12.3. The maximum atomic E-state index is 12.1. The van der Waals surface area contributed by atoms with Gasteiger partial charge in [0.15, 0.2) is 5.78 Å². The fourth-order valence-corrected chi connectivity index (χ4v) is 2.86. The number of carbonyl (C=O) groups excluding carboxylic acids is 1. The van der Waals surface area contributed by atoms with Crippen LogP contribution in [0.5, 0.6) is 0 Å². The molecule has 0 bridgehead atoms. The molecule has 1 aromatic heterocycles. The van der Waals surface area contributed by atoms with E-state index in [0.29, 0.717) is 6.42 Å². The predicted octanol–water partition coefficient (Wildman–Crippen LogP) is 3.67. The number of carbonyl (C=O) groups is 1. The van der Waals surface area contributed by atoms with Crippen LogP contribution in [0, 0.1) is 0 Å². The number of benzene rings is 1. The zero-order valence-electron chi connectivity index (χ0n) is 11.1. The number of Topliss-reactive ketones (excluding diaryl/α,β-unsaturated/α-hetero) is 1. The molecule has 0 radical (unpaired) electrons. The average Bonchev–Trinajstić information content (AvgIpc) is 2.89. The number of thiazole rings is 1. The Kier molecular flexibility index (Phi) is 4.82. The first-order valence-electron chi connectivity index (χ1n) is 6.30. The lowest BCUT2D eigenvalue weighted by Crippen LogP contribution is -2.04. The summed E-state index contributed by atoms with van der Waals surface area (Å²) in [7, 11) is 1.68. The van der Waals surface area contributed by atoms with Crippen molar-refractivity contribution in [3.05, 3.63) is 52.0 Å². The molecule has 4 heteroatoms. The monoisotopic (exact) mass is 275 g/mol. The number of nitrogens with zero attached hydrogens (tertiary/aromatic N) is 1. The third-order valence-electron chi connectivity index (χ3n) is 2.94. The molecule has 2 aromatic rings. The van der Waals surface area contributed by atoms with Crippen molar-refractivity contribution in [2.45, 2.75) is 25.9 Å². The number of hydrogen-bond donors (Lipinski definition) is 0. The fourth-order valence-electron chi connectivity index (χ4n) is 1.88. The number of ketones is 1. The fraction of sp³-hybridized carbons (Fsp3) is 0.333. The van der Waals surface area contributed by atoms with Gasteiger partial charge in [0.2, 0.25) is 0 Å². The van der Waals surface area contributed by atoms with Gasteiger partial charge in [0.05, 0.1) is 12.1 Å². The number of ether oxygens (including phenoxy) is 1. The van der Waals surface area contributed by atoms with Crippen LogP contribution in [0.25, 0.3) is 0 Å². The minimum Gasteiger partial charge on any atom is -0.374 e. The summed E-state index contributed by atoms with van der Waals surface area (Å²) < 4.78 is 5.35. The highest BCUT2D eigenvalue weighted by molar-refractivity contribution is 7.09. The average molecular weight is 275 g/mol. The smallest absolute Gasteiger partial charge is 0.168 e. The van der Waals surface area contributed by atoms with Gasteiger partial charge in [-0.1, -0.05) is 37.3 Å². The van der Waals surface area contributed by atoms with Crippen LogP contribution in [0.4, 0.5) is 0 Å². The Balaban J connectivity index is 2.06. The molecule has 0 saturated heterocycles. The highest BCUT2D eigenvalue weighted by Crippen LogP contribution is 2.24. The van der Waals surface area contributed by atoms with Gasteiger partial charge in [-0.3, -0.25) is 4.79 Å². The van der Waals surface area contributed by atoms with Crippen molar-refractivity contribution >= 4 is 17.1 Å². The van der Waals surface area contributed by atoms with Gasteiger partial charge >= 0.3 is 0 Å². The Hall–Kier alpha value is -1.52. The van der Waals surface area contributed by atoms with Crippen LogP contribution in [-0.4, -0.2) is 17.9 Å². The molecule has 0 fully saturated rings. The van der Waals surface area contributed by atoms with E-state index in [-0.39, 0.29) is 11.9 Å². The minimum absolute atomic E-state index is 0.0329. The molecule has 1 heterocycles. The van der Waals surface area contributed by atoms with Crippen molar-refractivity contribution in [2.24, 2.45) is 0 Å². The van der Waals surface area contributed by atoms with E-state index in [9.17, 15) is 4.79 Å². The van der Waals surface area contributed by atoms with Crippen LogP contribution >= 0.6 is 11.3 Å². The summed E-state index contributed by atoms with van der Waals surface area (Å²) in [5, 5.41) is 2.89. The highest BCUT2D eigenvalue weighted by atomic mass is 32.1. The first-order valence-corrected chi connectivity index (χ1v) is 7.18. The summed E-state index contributed by atoms with van der Waals surface area (Å²) in [6.45, 7) is 2.06. The van der Waals surface area contributed by atoms with Gasteiger partial charge in [0.1, 0.15) is 11.1 Å². The number of rotatable bonds is 6. The quantitative estimate of drug-likeness (QED) is 0.755. The van der Waals surface area contributed by atoms with Crippen LogP contribution in [0.15, 0.2) is 35.7 Å². The van der Waals surface area contributed by atoms with Crippen molar-refractivity contribution < 1.29 is 9.53 Å². The molecule has 1 unspecified atom stereocenters. The molecule has 3 nitrogen and oxygen atoms in total. The van der Waals surface area contributed by atoms with Crippen molar-refractivity contribution in [3.8, 4) is 0 Å². The van der Waals surface area contributed by atoms with E-state index in [4.69, 9.17) is 4.74 Å². The molecule has 1 atom stereocenters. The Bertz CT molecular complexity index is 532. The molecule has 100 valence electrons. The lowest BCUT2D eigenvalue weighted by molar-refractivity contribution is 0.0979. The summed E-state index contributed by atoms with van der Waals surface area (Å²) in [6, 6.07) is 9.32. The van der Waals surface area contributed by atoms with Crippen LogP contribution in [-0.2, 0) is 11.2 Å². The second-order valence-corrected chi connectivity index (χ2v) is 5.17. The Labute approximate surface area is 117 Å². The van der Waals surface area contributed by atoms with Crippen molar-refractivity contribution in [3.63, 3.8) is 0 Å². The van der Waals surface area contributed by atoms with Crippen LogP contribution in [0.1, 0.15) is 40.5 Å². The zero-order valence-corrected chi connectivity index (χ0v) is 11.9. The van der Waals surface area contributed by atoms with Crippen molar-refractivity contribution in [1.29, 1.82) is 0 Å². The van der Waals surface area contributed by atoms with Gasteiger partial charge in [-0.15, -0.1) is 11.3 Å². The van der Waals surface area contributed by atoms with E-state index in [1.807, 2.05) is 35.7 Å². The van der Waals surface area contributed by atoms with Crippen molar-refractivity contribution in [1.82, 2.24) is 4.98 Å². The van der Waals surface area contributed by atoms with Gasteiger partial charge in [0.25, 0.3) is 0 Å². The first-order chi connectivity index (χ1) is 9.24. The van der Waals surface area contributed by atoms with Crippen LogP contribution in [0.3, 0.4) is 0 Å². The zero-order chi connectivity index (χ0) is 13.7. The maximum absolute atomic E-state index is 12.1. The van der Waals surface area contributed by atoms with E-state index < -0.39 is 0 Å². The summed E-state index contributed by atoms with van der Waals surface area (Å²) in [4.78, 5) is 16.6. The first kappa shape index (κ1) is 13.9. The summed E-state index contributed by atoms with van der Waals surface area (Å²) in [6.07, 6.45) is 1.27. The Morgan fingerprint density at radius 3 is 2.74 bits per heavy atom. The molecule has 0 aliphatic heterocycles. The number of hydrogen-bond acceptors (Lipinski definition) is 4. The molecule has 0 N–H and O–H groups in total. The predicted molar refractivity (Wildman–Crippen MR) is 76.6 cm³/mol. The molecule has 0 amide bonds. The second-order valence-electron chi connectivity index (χ2n) is 4.28. The summed E-state index contributed by atoms with van der Waals surface area (Å²) in [5.74, 6) is 0.0999. The molecule has 2 rings (SSSR count). The van der Waals surface area contributed by atoms with Crippen LogP contribution in [0.2, 0.25) is 0 Å². The van der Waals surface area contributed by atoms with Gasteiger partial charge < -0.3 is 4.74 Å². The third kappa shape index (κ3) is 3.49. The van der Waals surface area contributed by atoms with E-state index in [2.05, 4.69) is 11.9 Å². The minimum atomic E-state index is 0.0329. The van der Waals surface area contributed by atoms with E-state index in [1.54, 1.807) is 18.4 Å². The molecular formula is C15H17NO2S. The van der Waals surface area contributed by atoms with Gasteiger partial charge in [-0.05, 0) is 6.42 Å². The lowest BCUT2D eigenvalue weighted by Gasteiger charge is -2.08. The molecule has 0 spiro atoms. The van der Waals surface area contributed by atoms with Gasteiger partial charge in [-0.2, -0.15) is 0 Å². The second kappa shape index (κ2) is 6.59. The van der Waals surface area contributed by atoms with Crippen LogP contribution < -0.4 is 0 Å². The number of methoxy groups -OCH3 is 1. The Morgan fingerprint density at radius 1 is 1.37 bits per heavy atom. The molecule has 0 aliphatic carbocycles. The van der Waals surface area contributed by atoms with E-state index in [1.165, 1.54) is 0 Å². The van der Waals surface area contributed by atoms with E-state index >= 15 is 0 Å². The van der Waals surface area contributed by atoms with Gasteiger partial charge in [-0.25, -0.2) is 4.98 Å². The summed E-state index contributed by atoms with van der Waals surface area (Å²) in [5.41, 5.74) is 1.56. The third-order valence-corrected chi connectivity index (χ3v) is 3.92. The number of aromatic nitrogens is 1. The largest absolute Gasteiger partial charge is 0.374 e. The molecule has 19 heavy (non-hydrogen) atoms. The molecule has 0 saturated carbocycles. The van der Waals surface area contributed by atoms with E-state index in [0.717, 1.165) is 22.7 Å². The van der Waals surface area contributed by atoms with Crippen molar-refractivity contribution in [2.75, 3.05) is 7.11 Å². The molecule has 0 aliphatic rings. The molecule has 1 aromatic carbocycles. The summed E-state index contributed by atoms with van der Waals surface area (Å²) >= 11 is 1.56. The van der Waals surface area contributed by atoms with Gasteiger partial charge in [0, 0.05) is 18.1 Å². The topological polar surface area (TPSA) is 39.2 Å². The SMILES string of the molecule is CCC(OC)c1nc(CC(=O)c2ccccc2)cs1. The Morgan fingerprint density at radius 2 is 2.11 bits per heavy atom.